The molecule has 1 aliphatic rings. The van der Waals surface area contributed by atoms with E-state index in [1.54, 1.807) is 6.20 Å². The molecule has 0 bridgehead atoms. The SMILES string of the molecule is Cc1ccc(CC(=O)Cc2ccc(N(C)c3ccnc(Nc4ccc(C)c(CN5CCN(C)CC5)c4)n3)cc2)cc1. The Kier molecular flexibility index (Phi) is 9.07. The van der Waals surface area contributed by atoms with Crippen LogP contribution < -0.4 is 10.2 Å². The highest BCUT2D eigenvalue weighted by atomic mass is 16.1. The number of rotatable bonds is 10. The minimum atomic E-state index is 0.212. The molecule has 212 valence electrons. The van der Waals surface area contributed by atoms with E-state index in [0.717, 1.165) is 61.0 Å². The fraction of sp³-hybridized carbons (Fsp3) is 0.324. The summed E-state index contributed by atoms with van der Waals surface area (Å²) in [5.74, 6) is 1.56. The van der Waals surface area contributed by atoms with E-state index in [4.69, 9.17) is 4.98 Å². The number of nitrogens with zero attached hydrogens (tertiary/aromatic N) is 5. The van der Waals surface area contributed by atoms with E-state index in [2.05, 4.69) is 71.3 Å². The Hall–Kier alpha value is -4.07. The molecule has 0 saturated carbocycles. The third-order valence-corrected chi connectivity index (χ3v) is 7.83. The van der Waals surface area contributed by atoms with Crippen LogP contribution in [-0.2, 0) is 24.2 Å². The normalized spacial score (nSPS) is 14.1. The lowest BCUT2D eigenvalue weighted by Gasteiger charge is -2.32. The van der Waals surface area contributed by atoms with Crippen molar-refractivity contribution in [3.63, 3.8) is 0 Å². The molecule has 1 N–H and O–H groups in total. The smallest absolute Gasteiger partial charge is 0.229 e. The summed E-state index contributed by atoms with van der Waals surface area (Å²) < 4.78 is 0. The van der Waals surface area contributed by atoms with Gasteiger partial charge in [0, 0.05) is 70.2 Å². The maximum atomic E-state index is 12.6. The zero-order valence-corrected chi connectivity index (χ0v) is 24.6. The van der Waals surface area contributed by atoms with Gasteiger partial charge >= 0.3 is 0 Å². The van der Waals surface area contributed by atoms with Crippen LogP contribution in [0.1, 0.15) is 27.8 Å². The first kappa shape index (κ1) is 28.5. The standard InChI is InChI=1S/C34H40N6O/c1-25-5-8-27(9-6-25)21-32(41)22-28-10-13-31(14-11-28)39(4)33-15-16-35-34(37-33)36-30-12-7-26(2)29(23-30)24-40-19-17-38(3)18-20-40/h5-16,23H,17-22,24H2,1-4H3,(H,35,36,37). The Balaban J connectivity index is 1.20. The quantitative estimate of drug-likeness (QED) is 0.272. The first-order chi connectivity index (χ1) is 19.8. The van der Waals surface area contributed by atoms with Crippen LogP contribution in [0.15, 0.2) is 79.0 Å². The van der Waals surface area contributed by atoms with Crippen molar-refractivity contribution in [3.05, 3.63) is 107 Å². The van der Waals surface area contributed by atoms with Gasteiger partial charge in [-0.1, -0.05) is 48.0 Å². The predicted octanol–water partition coefficient (Wildman–Crippen LogP) is 5.71. The van der Waals surface area contributed by atoms with Crippen LogP contribution in [-0.4, -0.2) is 65.8 Å². The molecule has 0 spiro atoms. The van der Waals surface area contributed by atoms with Crippen LogP contribution in [0, 0.1) is 13.8 Å². The van der Waals surface area contributed by atoms with Gasteiger partial charge in [-0.25, -0.2) is 4.98 Å². The maximum Gasteiger partial charge on any atom is 0.229 e. The first-order valence-electron chi connectivity index (χ1n) is 14.3. The lowest BCUT2D eigenvalue weighted by Crippen LogP contribution is -2.43. The van der Waals surface area contributed by atoms with Crippen LogP contribution >= 0.6 is 0 Å². The van der Waals surface area contributed by atoms with Gasteiger partial charge in [0.05, 0.1) is 0 Å². The van der Waals surface area contributed by atoms with Crippen LogP contribution in [0.25, 0.3) is 0 Å². The van der Waals surface area contributed by atoms with E-state index < -0.39 is 0 Å². The van der Waals surface area contributed by atoms with Crippen LogP contribution in [0.3, 0.4) is 0 Å². The lowest BCUT2D eigenvalue weighted by atomic mass is 10.0. The Morgan fingerprint density at radius 2 is 1.54 bits per heavy atom. The second kappa shape index (κ2) is 13.1. The van der Waals surface area contributed by atoms with Gasteiger partial charge in [0.25, 0.3) is 0 Å². The van der Waals surface area contributed by atoms with Gasteiger partial charge in [-0.15, -0.1) is 0 Å². The van der Waals surface area contributed by atoms with Gasteiger partial charge in [-0.3, -0.25) is 9.69 Å². The van der Waals surface area contributed by atoms with Crippen molar-refractivity contribution in [2.24, 2.45) is 0 Å². The maximum absolute atomic E-state index is 12.6. The number of ketones is 1. The van der Waals surface area contributed by atoms with Crippen molar-refractivity contribution < 1.29 is 4.79 Å². The number of hydrogen-bond acceptors (Lipinski definition) is 7. The minimum Gasteiger partial charge on any atom is -0.329 e. The van der Waals surface area contributed by atoms with Gasteiger partial charge in [0.15, 0.2) is 0 Å². The molecule has 0 amide bonds. The number of aromatic nitrogens is 2. The molecular formula is C34H40N6O. The van der Waals surface area contributed by atoms with E-state index in [1.165, 1.54) is 16.7 Å². The summed E-state index contributed by atoms with van der Waals surface area (Å²) in [5.41, 5.74) is 7.87. The van der Waals surface area contributed by atoms with Crippen LogP contribution in [0.2, 0.25) is 0 Å². The number of hydrogen-bond donors (Lipinski definition) is 1. The molecule has 3 aromatic carbocycles. The highest BCUT2D eigenvalue weighted by Gasteiger charge is 2.15. The molecule has 7 heteroatoms. The second-order valence-electron chi connectivity index (χ2n) is 11.2. The lowest BCUT2D eigenvalue weighted by molar-refractivity contribution is -0.117. The average Bonchev–Trinajstić information content (AvgIpc) is 2.97. The topological polar surface area (TPSA) is 64.6 Å². The van der Waals surface area contributed by atoms with Crippen molar-refractivity contribution in [1.29, 1.82) is 0 Å². The fourth-order valence-electron chi connectivity index (χ4n) is 5.09. The zero-order chi connectivity index (χ0) is 28.8. The summed E-state index contributed by atoms with van der Waals surface area (Å²) in [4.78, 5) is 28.8. The summed E-state index contributed by atoms with van der Waals surface area (Å²) in [5, 5.41) is 3.40. The molecule has 0 unspecified atom stereocenters. The Morgan fingerprint density at radius 3 is 2.22 bits per heavy atom. The molecule has 2 heterocycles. The molecule has 1 aliphatic heterocycles. The number of anilines is 4. The molecule has 41 heavy (non-hydrogen) atoms. The molecular weight excluding hydrogens is 508 g/mol. The second-order valence-corrected chi connectivity index (χ2v) is 11.2. The number of piperazine rings is 1. The van der Waals surface area contributed by atoms with Crippen LogP contribution in [0.5, 0.6) is 0 Å². The molecule has 1 fully saturated rings. The van der Waals surface area contributed by atoms with E-state index in [1.807, 2.05) is 54.4 Å². The summed E-state index contributed by atoms with van der Waals surface area (Å²) in [6.45, 7) is 9.59. The molecule has 7 nitrogen and oxygen atoms in total. The summed E-state index contributed by atoms with van der Waals surface area (Å²) in [7, 11) is 4.17. The van der Waals surface area contributed by atoms with Crippen molar-refractivity contribution in [3.8, 4) is 0 Å². The third kappa shape index (κ3) is 7.78. The Morgan fingerprint density at radius 1 is 0.878 bits per heavy atom. The summed E-state index contributed by atoms with van der Waals surface area (Å²) in [6, 6.07) is 24.6. The molecule has 0 atom stereocenters. The predicted molar refractivity (Wildman–Crippen MR) is 167 cm³/mol. The number of nitrogens with one attached hydrogen (secondary N) is 1. The van der Waals surface area contributed by atoms with Crippen LogP contribution in [0.4, 0.5) is 23.1 Å². The number of benzene rings is 3. The third-order valence-electron chi connectivity index (χ3n) is 7.83. The summed E-state index contributed by atoms with van der Waals surface area (Å²) >= 11 is 0. The van der Waals surface area contributed by atoms with Gasteiger partial charge in [-0.05, 0) is 73.5 Å². The minimum absolute atomic E-state index is 0.212. The van der Waals surface area contributed by atoms with E-state index in [-0.39, 0.29) is 5.78 Å². The van der Waals surface area contributed by atoms with E-state index in [0.29, 0.717) is 18.8 Å². The molecule has 5 rings (SSSR count). The van der Waals surface area contributed by atoms with E-state index in [9.17, 15) is 4.79 Å². The van der Waals surface area contributed by atoms with Crippen molar-refractivity contribution >= 4 is 28.9 Å². The first-order valence-corrected chi connectivity index (χ1v) is 14.3. The Bertz CT molecular complexity index is 1460. The van der Waals surface area contributed by atoms with Gasteiger partial charge in [0.2, 0.25) is 5.95 Å². The molecule has 1 aromatic heterocycles. The molecule has 4 aromatic rings. The number of carbonyl (C=O) groups excluding carboxylic acids is 1. The number of aryl methyl sites for hydroxylation is 2. The Labute approximate surface area is 243 Å². The monoisotopic (exact) mass is 548 g/mol. The highest BCUT2D eigenvalue weighted by Crippen LogP contribution is 2.25. The molecule has 0 radical (unpaired) electrons. The van der Waals surface area contributed by atoms with Gasteiger partial charge < -0.3 is 15.1 Å². The van der Waals surface area contributed by atoms with Crippen molar-refractivity contribution in [1.82, 2.24) is 19.8 Å². The van der Waals surface area contributed by atoms with Crippen molar-refractivity contribution in [2.75, 3.05) is 50.5 Å². The largest absolute Gasteiger partial charge is 0.329 e. The summed E-state index contributed by atoms with van der Waals surface area (Å²) in [6.07, 6.45) is 2.66. The van der Waals surface area contributed by atoms with Gasteiger partial charge in [0.1, 0.15) is 11.6 Å². The van der Waals surface area contributed by atoms with E-state index >= 15 is 0 Å². The number of carbonyl (C=O) groups is 1. The van der Waals surface area contributed by atoms with Crippen molar-refractivity contribution in [2.45, 2.75) is 33.2 Å². The number of likely N-dealkylation sites (N-methyl/N-ethyl adjacent to an activating group) is 1. The molecule has 1 saturated heterocycles. The van der Waals surface area contributed by atoms with Gasteiger partial charge in [-0.2, -0.15) is 4.98 Å². The average molecular weight is 549 g/mol. The number of Topliss-reactive ketones (excluding diaryl/α,β-unsaturated/α-hetero) is 1. The fourth-order valence-corrected chi connectivity index (χ4v) is 5.09. The highest BCUT2D eigenvalue weighted by molar-refractivity contribution is 5.83. The zero-order valence-electron chi connectivity index (χ0n) is 24.6. The molecule has 0 aliphatic carbocycles.